The largest absolute Gasteiger partial charge is 0.378 e. The van der Waals surface area contributed by atoms with Crippen molar-refractivity contribution < 1.29 is 9.53 Å². The van der Waals surface area contributed by atoms with Crippen LogP contribution in [0.5, 0.6) is 0 Å². The molecule has 1 aromatic rings. The molecule has 0 aromatic carbocycles. The van der Waals surface area contributed by atoms with Crippen LogP contribution in [-0.4, -0.2) is 68.9 Å². The van der Waals surface area contributed by atoms with Crippen LogP contribution in [0.4, 0.5) is 0 Å². The third-order valence-electron chi connectivity index (χ3n) is 6.28. The number of carbonyl (C=O) groups is 1. The second-order valence-electron chi connectivity index (χ2n) is 7.93. The van der Waals surface area contributed by atoms with E-state index < -0.39 is 0 Å². The average molecular weight is 345 g/mol. The molecule has 1 saturated heterocycles. The summed E-state index contributed by atoms with van der Waals surface area (Å²) in [5.74, 6) is 2.91. The summed E-state index contributed by atoms with van der Waals surface area (Å²) in [6.45, 7) is 4.35. The molecular weight excluding hydrogens is 318 g/mol. The summed E-state index contributed by atoms with van der Waals surface area (Å²) in [7, 11) is 0. The summed E-state index contributed by atoms with van der Waals surface area (Å²) in [6, 6.07) is 0.446. The second-order valence-corrected chi connectivity index (χ2v) is 7.93. The molecule has 7 nitrogen and oxygen atoms in total. The zero-order valence-corrected chi connectivity index (χ0v) is 14.8. The van der Waals surface area contributed by atoms with Crippen molar-refractivity contribution >= 4 is 5.91 Å². The molecule has 0 bridgehead atoms. The van der Waals surface area contributed by atoms with Crippen molar-refractivity contribution in [2.75, 3.05) is 26.3 Å². The lowest BCUT2D eigenvalue weighted by molar-refractivity contribution is -0.146. The first kappa shape index (κ1) is 15.8. The highest BCUT2D eigenvalue weighted by Gasteiger charge is 2.39. The Kier molecular flexibility index (Phi) is 4.01. The van der Waals surface area contributed by atoms with Crippen LogP contribution in [0, 0.1) is 0 Å². The molecule has 4 aliphatic rings. The number of morpholine rings is 1. The molecule has 3 fully saturated rings. The van der Waals surface area contributed by atoms with Crippen LogP contribution in [0.2, 0.25) is 0 Å². The van der Waals surface area contributed by atoms with Crippen molar-refractivity contribution in [1.82, 2.24) is 24.6 Å². The van der Waals surface area contributed by atoms with Crippen molar-refractivity contribution in [3.63, 3.8) is 0 Å². The van der Waals surface area contributed by atoms with E-state index in [9.17, 15) is 4.79 Å². The van der Waals surface area contributed by atoms with Gasteiger partial charge in [-0.25, -0.2) is 0 Å². The van der Waals surface area contributed by atoms with Gasteiger partial charge in [0.15, 0.2) is 5.82 Å². The van der Waals surface area contributed by atoms with Crippen molar-refractivity contribution in [3.05, 3.63) is 11.6 Å². The maximum atomic E-state index is 13.2. The summed E-state index contributed by atoms with van der Waals surface area (Å²) in [5, 5.41) is 8.75. The molecule has 2 saturated carbocycles. The van der Waals surface area contributed by atoms with Gasteiger partial charge in [-0.05, 0) is 25.7 Å². The third-order valence-corrected chi connectivity index (χ3v) is 6.28. The van der Waals surface area contributed by atoms with E-state index in [1.165, 1.54) is 38.5 Å². The number of carbonyl (C=O) groups excluding carboxylic acids is 1. The molecule has 5 rings (SSSR count). The number of rotatable bonds is 3. The second kappa shape index (κ2) is 6.36. The van der Waals surface area contributed by atoms with Gasteiger partial charge in [0, 0.05) is 31.6 Å². The van der Waals surface area contributed by atoms with Crippen LogP contribution in [0.1, 0.15) is 56.1 Å². The molecule has 136 valence electrons. The fourth-order valence-corrected chi connectivity index (χ4v) is 4.73. The van der Waals surface area contributed by atoms with Crippen molar-refractivity contribution in [2.24, 2.45) is 0 Å². The summed E-state index contributed by atoms with van der Waals surface area (Å²) in [4.78, 5) is 17.6. The fraction of sp³-hybridized carbons (Fsp3) is 0.833. The Morgan fingerprint density at radius 3 is 2.68 bits per heavy atom. The number of nitrogens with zero attached hydrogens (tertiary/aromatic N) is 5. The lowest BCUT2D eigenvalue weighted by Crippen LogP contribution is -2.58. The van der Waals surface area contributed by atoms with Crippen molar-refractivity contribution in [2.45, 2.75) is 69.6 Å². The fourth-order valence-electron chi connectivity index (χ4n) is 4.73. The summed E-state index contributed by atoms with van der Waals surface area (Å²) in [5.41, 5.74) is 0. The van der Waals surface area contributed by atoms with Crippen LogP contribution in [0.15, 0.2) is 0 Å². The molecule has 0 spiro atoms. The smallest absolute Gasteiger partial charge is 0.242 e. The van der Waals surface area contributed by atoms with Gasteiger partial charge in [-0.15, -0.1) is 10.2 Å². The molecule has 0 N–H and O–H groups in total. The number of amides is 1. The summed E-state index contributed by atoms with van der Waals surface area (Å²) in [6.07, 6.45) is 7.50. The Labute approximate surface area is 148 Å². The Hall–Kier alpha value is -1.47. The van der Waals surface area contributed by atoms with Crippen molar-refractivity contribution in [3.8, 4) is 0 Å². The predicted molar refractivity (Wildman–Crippen MR) is 91.0 cm³/mol. The van der Waals surface area contributed by atoms with E-state index in [2.05, 4.69) is 19.7 Å². The number of hydrogen-bond acceptors (Lipinski definition) is 5. The van der Waals surface area contributed by atoms with E-state index in [1.807, 2.05) is 4.90 Å². The molecule has 2 aliphatic heterocycles. The molecule has 2 aliphatic carbocycles. The Morgan fingerprint density at radius 1 is 1.04 bits per heavy atom. The van der Waals surface area contributed by atoms with Gasteiger partial charge in [0.1, 0.15) is 11.9 Å². The van der Waals surface area contributed by atoms with Gasteiger partial charge in [-0.1, -0.05) is 12.8 Å². The highest BCUT2D eigenvalue weighted by molar-refractivity contribution is 5.82. The molecule has 0 radical (unpaired) electrons. The standard InChI is InChI=1S/C18H27N5O2/c24-18(15-12-25-10-9-22(15)14-3-1-2-4-14)21-7-8-23-16(11-21)19-20-17(23)13-5-6-13/h13-15H,1-12H2. The topological polar surface area (TPSA) is 63.5 Å². The number of fused-ring (bicyclic) bond motifs is 1. The van der Waals surface area contributed by atoms with E-state index in [-0.39, 0.29) is 11.9 Å². The minimum Gasteiger partial charge on any atom is -0.378 e. The molecular formula is C18H27N5O2. The van der Waals surface area contributed by atoms with Crippen molar-refractivity contribution in [1.29, 1.82) is 0 Å². The van der Waals surface area contributed by atoms with Gasteiger partial charge >= 0.3 is 0 Å². The van der Waals surface area contributed by atoms with Crippen LogP contribution in [-0.2, 0) is 22.6 Å². The summed E-state index contributed by atoms with van der Waals surface area (Å²) < 4.78 is 7.92. The molecule has 1 atom stereocenters. The van der Waals surface area contributed by atoms with Gasteiger partial charge in [0.05, 0.1) is 19.8 Å². The van der Waals surface area contributed by atoms with Gasteiger partial charge in [-0.2, -0.15) is 0 Å². The number of ether oxygens (including phenoxy) is 1. The van der Waals surface area contributed by atoms with E-state index in [0.717, 1.165) is 37.9 Å². The number of hydrogen-bond donors (Lipinski definition) is 0. The first-order valence-electron chi connectivity index (χ1n) is 9.85. The zero-order chi connectivity index (χ0) is 16.8. The first-order chi connectivity index (χ1) is 12.3. The monoisotopic (exact) mass is 345 g/mol. The molecule has 25 heavy (non-hydrogen) atoms. The Morgan fingerprint density at radius 2 is 1.88 bits per heavy atom. The minimum absolute atomic E-state index is 0.116. The Balaban J connectivity index is 1.31. The summed E-state index contributed by atoms with van der Waals surface area (Å²) >= 11 is 0. The van der Waals surface area contributed by atoms with Crippen LogP contribution in [0.3, 0.4) is 0 Å². The highest BCUT2D eigenvalue weighted by Crippen LogP contribution is 2.39. The average Bonchev–Trinajstić information content (AvgIpc) is 3.19. The van der Waals surface area contributed by atoms with E-state index in [4.69, 9.17) is 4.74 Å². The number of aromatic nitrogens is 3. The maximum absolute atomic E-state index is 13.2. The SMILES string of the molecule is O=C(C1COCCN1C1CCCC1)N1CCn2c(nnc2C2CC2)C1. The van der Waals surface area contributed by atoms with E-state index in [0.29, 0.717) is 25.1 Å². The maximum Gasteiger partial charge on any atom is 0.242 e. The van der Waals surface area contributed by atoms with E-state index >= 15 is 0 Å². The van der Waals surface area contributed by atoms with Gasteiger partial charge in [0.25, 0.3) is 0 Å². The normalized spacial score (nSPS) is 28.3. The highest BCUT2D eigenvalue weighted by atomic mass is 16.5. The van der Waals surface area contributed by atoms with Gasteiger partial charge < -0.3 is 14.2 Å². The third kappa shape index (κ3) is 2.87. The molecule has 1 aromatic heterocycles. The van der Waals surface area contributed by atoms with Gasteiger partial charge in [-0.3, -0.25) is 9.69 Å². The predicted octanol–water partition coefficient (Wildman–Crippen LogP) is 1.14. The molecule has 7 heteroatoms. The lowest BCUT2D eigenvalue weighted by atomic mass is 10.1. The Bertz CT molecular complexity index is 650. The lowest BCUT2D eigenvalue weighted by Gasteiger charge is -2.41. The quantitative estimate of drug-likeness (QED) is 0.822. The molecule has 3 heterocycles. The zero-order valence-electron chi connectivity index (χ0n) is 14.8. The van der Waals surface area contributed by atoms with Gasteiger partial charge in [0.2, 0.25) is 5.91 Å². The minimum atomic E-state index is -0.116. The molecule has 1 amide bonds. The van der Waals surface area contributed by atoms with Crippen LogP contribution in [0.25, 0.3) is 0 Å². The van der Waals surface area contributed by atoms with E-state index in [1.54, 1.807) is 0 Å². The first-order valence-corrected chi connectivity index (χ1v) is 9.85. The van der Waals surface area contributed by atoms with Crippen LogP contribution < -0.4 is 0 Å². The molecule has 1 unspecified atom stereocenters. The van der Waals surface area contributed by atoms with Crippen LogP contribution >= 0.6 is 0 Å².